The standard InChI is InChI=1S/C13H26N2O.ClH/c1-13(2,3)7-5-12(16)15-8-6-11(10-15)9-14-4;/h11,14H,5-10H2,1-4H3;1H. The number of rotatable bonds is 4. The molecular formula is C13H27ClN2O. The van der Waals surface area contributed by atoms with Crippen LogP contribution in [0.3, 0.4) is 0 Å². The summed E-state index contributed by atoms with van der Waals surface area (Å²) in [6, 6.07) is 0. The van der Waals surface area contributed by atoms with Crippen molar-refractivity contribution in [1.82, 2.24) is 10.2 Å². The van der Waals surface area contributed by atoms with Crippen LogP contribution in [0, 0.1) is 11.3 Å². The fourth-order valence-corrected chi connectivity index (χ4v) is 2.15. The minimum absolute atomic E-state index is 0. The van der Waals surface area contributed by atoms with E-state index in [4.69, 9.17) is 0 Å². The van der Waals surface area contributed by atoms with E-state index in [0.717, 1.165) is 32.5 Å². The van der Waals surface area contributed by atoms with E-state index >= 15 is 0 Å². The predicted octanol–water partition coefficient (Wildman–Crippen LogP) is 2.30. The highest BCUT2D eigenvalue weighted by atomic mass is 35.5. The Hall–Kier alpha value is -0.280. The van der Waals surface area contributed by atoms with Crippen LogP contribution in [0.2, 0.25) is 0 Å². The lowest BCUT2D eigenvalue weighted by atomic mass is 9.90. The van der Waals surface area contributed by atoms with Gasteiger partial charge in [-0.3, -0.25) is 4.79 Å². The number of carbonyl (C=O) groups is 1. The molecular weight excluding hydrogens is 236 g/mol. The molecule has 0 aliphatic carbocycles. The maximum Gasteiger partial charge on any atom is 0.222 e. The lowest BCUT2D eigenvalue weighted by Gasteiger charge is -2.21. The van der Waals surface area contributed by atoms with Gasteiger partial charge < -0.3 is 10.2 Å². The number of likely N-dealkylation sites (tertiary alicyclic amines) is 1. The topological polar surface area (TPSA) is 32.3 Å². The average Bonchev–Trinajstić information content (AvgIpc) is 2.62. The fourth-order valence-electron chi connectivity index (χ4n) is 2.15. The van der Waals surface area contributed by atoms with Gasteiger partial charge in [0.05, 0.1) is 0 Å². The molecule has 3 nitrogen and oxygen atoms in total. The number of amides is 1. The molecule has 102 valence electrons. The van der Waals surface area contributed by atoms with Crippen molar-refractivity contribution in [1.29, 1.82) is 0 Å². The van der Waals surface area contributed by atoms with Gasteiger partial charge >= 0.3 is 0 Å². The van der Waals surface area contributed by atoms with Crippen LogP contribution in [0.1, 0.15) is 40.0 Å². The molecule has 1 aliphatic rings. The van der Waals surface area contributed by atoms with Crippen LogP contribution >= 0.6 is 12.4 Å². The number of nitrogens with one attached hydrogen (secondary N) is 1. The number of hydrogen-bond donors (Lipinski definition) is 1. The van der Waals surface area contributed by atoms with E-state index < -0.39 is 0 Å². The van der Waals surface area contributed by atoms with Crippen molar-refractivity contribution in [2.75, 3.05) is 26.7 Å². The van der Waals surface area contributed by atoms with Gasteiger partial charge in [0.25, 0.3) is 0 Å². The van der Waals surface area contributed by atoms with Crippen LogP contribution in [0.15, 0.2) is 0 Å². The maximum atomic E-state index is 11.9. The van der Waals surface area contributed by atoms with Gasteiger partial charge in [0, 0.05) is 19.5 Å². The zero-order chi connectivity index (χ0) is 12.2. The molecule has 0 spiro atoms. The molecule has 1 N–H and O–H groups in total. The molecule has 1 amide bonds. The smallest absolute Gasteiger partial charge is 0.222 e. The first-order valence-electron chi connectivity index (χ1n) is 6.35. The average molecular weight is 263 g/mol. The van der Waals surface area contributed by atoms with Crippen molar-refractivity contribution >= 4 is 18.3 Å². The van der Waals surface area contributed by atoms with Gasteiger partial charge in [-0.2, -0.15) is 0 Å². The number of carbonyl (C=O) groups excluding carboxylic acids is 1. The van der Waals surface area contributed by atoms with Gasteiger partial charge in [0.15, 0.2) is 0 Å². The minimum atomic E-state index is 0. The second-order valence-corrected chi connectivity index (χ2v) is 6.11. The SMILES string of the molecule is CNCC1CCN(C(=O)CCC(C)(C)C)C1.Cl. The van der Waals surface area contributed by atoms with Crippen LogP contribution < -0.4 is 5.32 Å². The van der Waals surface area contributed by atoms with Gasteiger partial charge in [-0.15, -0.1) is 12.4 Å². The summed E-state index contributed by atoms with van der Waals surface area (Å²) >= 11 is 0. The zero-order valence-corrected chi connectivity index (χ0v) is 12.4. The van der Waals surface area contributed by atoms with Crippen LogP contribution in [-0.4, -0.2) is 37.5 Å². The monoisotopic (exact) mass is 262 g/mol. The summed E-state index contributed by atoms with van der Waals surface area (Å²) in [5.41, 5.74) is 0.264. The largest absolute Gasteiger partial charge is 0.342 e. The summed E-state index contributed by atoms with van der Waals surface area (Å²) < 4.78 is 0. The molecule has 0 aromatic rings. The summed E-state index contributed by atoms with van der Waals surface area (Å²) in [6.45, 7) is 9.50. The van der Waals surface area contributed by atoms with Gasteiger partial charge in [0.1, 0.15) is 0 Å². The molecule has 0 radical (unpaired) electrons. The molecule has 1 unspecified atom stereocenters. The third-order valence-corrected chi connectivity index (χ3v) is 3.22. The highest BCUT2D eigenvalue weighted by Gasteiger charge is 2.26. The van der Waals surface area contributed by atoms with E-state index in [-0.39, 0.29) is 17.8 Å². The van der Waals surface area contributed by atoms with E-state index in [1.807, 2.05) is 11.9 Å². The first-order chi connectivity index (χ1) is 7.42. The molecule has 4 heteroatoms. The first kappa shape index (κ1) is 16.7. The van der Waals surface area contributed by atoms with E-state index in [2.05, 4.69) is 26.1 Å². The Morgan fingerprint density at radius 2 is 2.06 bits per heavy atom. The molecule has 1 atom stereocenters. The summed E-state index contributed by atoms with van der Waals surface area (Å²) in [6.07, 6.45) is 2.84. The molecule has 0 aromatic carbocycles. The van der Waals surface area contributed by atoms with Crippen molar-refractivity contribution in [2.24, 2.45) is 11.3 Å². The van der Waals surface area contributed by atoms with Crippen molar-refractivity contribution < 1.29 is 4.79 Å². The van der Waals surface area contributed by atoms with Crippen LogP contribution in [0.25, 0.3) is 0 Å². The second-order valence-electron chi connectivity index (χ2n) is 6.11. The van der Waals surface area contributed by atoms with Gasteiger partial charge in [-0.25, -0.2) is 0 Å². The Bertz CT molecular complexity index is 238. The Morgan fingerprint density at radius 1 is 1.41 bits per heavy atom. The second kappa shape index (κ2) is 7.22. The maximum absolute atomic E-state index is 11.9. The van der Waals surface area contributed by atoms with Crippen molar-refractivity contribution in [3.63, 3.8) is 0 Å². The van der Waals surface area contributed by atoms with Crippen LogP contribution in [-0.2, 0) is 4.79 Å². The molecule has 1 fully saturated rings. The summed E-state index contributed by atoms with van der Waals surface area (Å²) in [7, 11) is 1.98. The first-order valence-corrected chi connectivity index (χ1v) is 6.35. The van der Waals surface area contributed by atoms with Crippen molar-refractivity contribution in [3.8, 4) is 0 Å². The lowest BCUT2D eigenvalue weighted by Crippen LogP contribution is -2.30. The highest BCUT2D eigenvalue weighted by molar-refractivity contribution is 5.85. The van der Waals surface area contributed by atoms with Gasteiger partial charge in [-0.05, 0) is 37.8 Å². The normalized spacial score (nSPS) is 20.2. The highest BCUT2D eigenvalue weighted by Crippen LogP contribution is 2.23. The molecule has 0 saturated carbocycles. The third-order valence-electron chi connectivity index (χ3n) is 3.22. The third kappa shape index (κ3) is 6.27. The summed E-state index contributed by atoms with van der Waals surface area (Å²) in [5, 5.41) is 3.19. The quantitative estimate of drug-likeness (QED) is 0.843. The number of nitrogens with zero attached hydrogens (tertiary/aromatic N) is 1. The van der Waals surface area contributed by atoms with Crippen LogP contribution in [0.4, 0.5) is 0 Å². The summed E-state index contributed by atoms with van der Waals surface area (Å²) in [5.74, 6) is 0.997. The van der Waals surface area contributed by atoms with E-state index in [1.54, 1.807) is 0 Å². The van der Waals surface area contributed by atoms with Crippen molar-refractivity contribution in [3.05, 3.63) is 0 Å². The Kier molecular flexibility index (Phi) is 7.10. The van der Waals surface area contributed by atoms with Gasteiger partial charge in [0.2, 0.25) is 5.91 Å². The van der Waals surface area contributed by atoms with Crippen molar-refractivity contribution in [2.45, 2.75) is 40.0 Å². The molecule has 1 saturated heterocycles. The predicted molar refractivity (Wildman–Crippen MR) is 74.6 cm³/mol. The Morgan fingerprint density at radius 3 is 2.59 bits per heavy atom. The van der Waals surface area contributed by atoms with Crippen LogP contribution in [0.5, 0.6) is 0 Å². The molecule has 1 heterocycles. The van der Waals surface area contributed by atoms with E-state index in [9.17, 15) is 4.79 Å². The molecule has 17 heavy (non-hydrogen) atoms. The molecule has 1 rings (SSSR count). The number of halogens is 1. The minimum Gasteiger partial charge on any atom is -0.342 e. The molecule has 1 aliphatic heterocycles. The van der Waals surface area contributed by atoms with E-state index in [1.165, 1.54) is 0 Å². The lowest BCUT2D eigenvalue weighted by molar-refractivity contribution is -0.130. The molecule has 0 bridgehead atoms. The Labute approximate surface area is 112 Å². The Balaban J connectivity index is 0.00000256. The molecule has 0 aromatic heterocycles. The zero-order valence-electron chi connectivity index (χ0n) is 11.6. The van der Waals surface area contributed by atoms with E-state index in [0.29, 0.717) is 18.2 Å². The van der Waals surface area contributed by atoms with Gasteiger partial charge in [-0.1, -0.05) is 20.8 Å². The fraction of sp³-hybridized carbons (Fsp3) is 0.923. The number of hydrogen-bond acceptors (Lipinski definition) is 2. The summed E-state index contributed by atoms with van der Waals surface area (Å²) in [4.78, 5) is 14.0.